The zero-order valence-corrected chi connectivity index (χ0v) is 34.4. The summed E-state index contributed by atoms with van der Waals surface area (Å²) in [5.41, 5.74) is 1.51. The average molecular weight is 804 g/mol. The minimum absolute atomic E-state index is 0.152. The van der Waals surface area contributed by atoms with E-state index in [2.05, 4.69) is 19.2 Å². The van der Waals surface area contributed by atoms with E-state index in [0.717, 1.165) is 37.9 Å². The van der Waals surface area contributed by atoms with E-state index in [0.29, 0.717) is 144 Å². The zero-order valence-electron chi connectivity index (χ0n) is 34.4. The number of rotatable bonds is 44. The summed E-state index contributed by atoms with van der Waals surface area (Å²) in [6.07, 6.45) is 8.29. The Morgan fingerprint density at radius 1 is 0.411 bits per heavy atom. The molecule has 0 amide bonds. The fourth-order valence-electron chi connectivity index (χ4n) is 4.65. The maximum atomic E-state index is 12.1. The number of ether oxygens (including phenoxy) is 12. The molecule has 0 saturated carbocycles. The standard InChI is InChI=1S/C41H73NO14/c1-3-5-7-8-9-10-40(43)55-36-34-53-32-30-51-28-26-49-24-22-47-20-18-45-16-17-46-19-21-48-23-25-50-27-29-52-31-33-54-35-37-56-41(44)38-11-13-39(14-12-38)42-15-6-4-2/h11-14,42H,3-10,15-37H2,1-2H3. The lowest BCUT2D eigenvalue weighted by molar-refractivity contribution is -0.145. The van der Waals surface area contributed by atoms with Gasteiger partial charge in [-0.05, 0) is 37.1 Å². The summed E-state index contributed by atoms with van der Waals surface area (Å²) in [4.78, 5) is 23.8. The maximum Gasteiger partial charge on any atom is 0.338 e. The Labute approximate surface area is 335 Å². The van der Waals surface area contributed by atoms with Crippen LogP contribution < -0.4 is 5.32 Å². The number of hydrogen-bond donors (Lipinski definition) is 1. The van der Waals surface area contributed by atoms with Crippen molar-refractivity contribution in [1.29, 1.82) is 0 Å². The molecule has 0 aliphatic carbocycles. The van der Waals surface area contributed by atoms with Gasteiger partial charge in [-0.2, -0.15) is 0 Å². The lowest BCUT2D eigenvalue weighted by Gasteiger charge is -2.09. The molecule has 1 aromatic rings. The molecule has 0 saturated heterocycles. The van der Waals surface area contributed by atoms with Crippen LogP contribution in [0, 0.1) is 0 Å². The van der Waals surface area contributed by atoms with E-state index in [4.69, 9.17) is 56.8 Å². The van der Waals surface area contributed by atoms with Crippen LogP contribution in [-0.2, 0) is 61.6 Å². The van der Waals surface area contributed by atoms with Crippen LogP contribution >= 0.6 is 0 Å². The zero-order chi connectivity index (χ0) is 40.3. The Balaban J connectivity index is 1.68. The predicted molar refractivity (Wildman–Crippen MR) is 213 cm³/mol. The van der Waals surface area contributed by atoms with E-state index in [-0.39, 0.29) is 25.2 Å². The molecule has 0 fully saturated rings. The number of unbranched alkanes of at least 4 members (excludes halogenated alkanes) is 5. The van der Waals surface area contributed by atoms with Crippen LogP contribution in [0.4, 0.5) is 5.69 Å². The minimum atomic E-state index is -0.364. The molecule has 0 unspecified atom stereocenters. The normalized spacial score (nSPS) is 11.2. The summed E-state index contributed by atoms with van der Waals surface area (Å²) in [6.45, 7) is 14.8. The third-order valence-corrected chi connectivity index (χ3v) is 7.76. The van der Waals surface area contributed by atoms with Gasteiger partial charge in [0.15, 0.2) is 0 Å². The van der Waals surface area contributed by atoms with E-state index in [1.54, 1.807) is 12.1 Å². The number of hydrogen-bond acceptors (Lipinski definition) is 15. The first-order valence-electron chi connectivity index (χ1n) is 20.6. The first-order valence-corrected chi connectivity index (χ1v) is 20.6. The van der Waals surface area contributed by atoms with Crippen LogP contribution in [0.2, 0.25) is 0 Å². The Hall–Kier alpha value is -2.44. The summed E-state index contributed by atoms with van der Waals surface area (Å²) >= 11 is 0. The molecule has 0 aromatic heterocycles. The highest BCUT2D eigenvalue weighted by atomic mass is 16.6. The van der Waals surface area contributed by atoms with E-state index in [9.17, 15) is 9.59 Å². The Morgan fingerprint density at radius 2 is 0.750 bits per heavy atom. The first-order chi connectivity index (χ1) is 27.7. The van der Waals surface area contributed by atoms with Crippen LogP contribution in [0.5, 0.6) is 0 Å². The summed E-state index contributed by atoms with van der Waals surface area (Å²) < 4.78 is 65.2. The second kappa shape index (κ2) is 42.2. The van der Waals surface area contributed by atoms with Crippen molar-refractivity contribution in [3.05, 3.63) is 29.8 Å². The van der Waals surface area contributed by atoms with Crippen molar-refractivity contribution < 1.29 is 66.4 Å². The molecule has 15 nitrogen and oxygen atoms in total. The van der Waals surface area contributed by atoms with Crippen molar-refractivity contribution in [2.45, 2.75) is 65.2 Å². The van der Waals surface area contributed by atoms with Gasteiger partial charge < -0.3 is 62.2 Å². The van der Waals surface area contributed by atoms with Gasteiger partial charge in [-0.15, -0.1) is 0 Å². The molecule has 15 heteroatoms. The van der Waals surface area contributed by atoms with Crippen LogP contribution in [0.1, 0.15) is 75.6 Å². The fourth-order valence-corrected chi connectivity index (χ4v) is 4.65. The lowest BCUT2D eigenvalue weighted by Crippen LogP contribution is -2.16. The molecular weight excluding hydrogens is 730 g/mol. The largest absolute Gasteiger partial charge is 0.463 e. The highest BCUT2D eigenvalue weighted by molar-refractivity contribution is 5.89. The number of carbonyl (C=O) groups is 2. The van der Waals surface area contributed by atoms with Crippen LogP contribution in [-0.4, -0.2) is 164 Å². The number of anilines is 1. The van der Waals surface area contributed by atoms with Crippen LogP contribution in [0.25, 0.3) is 0 Å². The molecule has 326 valence electrons. The van der Waals surface area contributed by atoms with Crippen molar-refractivity contribution in [2.75, 3.05) is 157 Å². The summed E-state index contributed by atoms with van der Waals surface area (Å²) in [6, 6.07) is 7.28. The molecule has 0 aliphatic heterocycles. The van der Waals surface area contributed by atoms with Crippen LogP contribution in [0.15, 0.2) is 24.3 Å². The fraction of sp³-hybridized carbons (Fsp3) is 0.805. The van der Waals surface area contributed by atoms with Gasteiger partial charge in [0.25, 0.3) is 0 Å². The van der Waals surface area contributed by atoms with E-state index < -0.39 is 0 Å². The SMILES string of the molecule is CCCCCCCC(=O)OCCOCCOCCOCCOCCOCCOCCOCCOCCOCCOCCOC(=O)c1ccc(NCCCC)cc1. The lowest BCUT2D eigenvalue weighted by atomic mass is 10.1. The smallest absolute Gasteiger partial charge is 0.338 e. The van der Waals surface area contributed by atoms with Crippen molar-refractivity contribution in [2.24, 2.45) is 0 Å². The van der Waals surface area contributed by atoms with Crippen LogP contribution in [0.3, 0.4) is 0 Å². The van der Waals surface area contributed by atoms with Crippen molar-refractivity contribution in [3.63, 3.8) is 0 Å². The quantitative estimate of drug-likeness (QED) is 0.0684. The maximum absolute atomic E-state index is 12.1. The average Bonchev–Trinajstić information content (AvgIpc) is 3.21. The summed E-state index contributed by atoms with van der Waals surface area (Å²) in [5, 5.41) is 3.32. The van der Waals surface area contributed by atoms with Gasteiger partial charge in [-0.1, -0.05) is 46.0 Å². The minimum Gasteiger partial charge on any atom is -0.463 e. The van der Waals surface area contributed by atoms with E-state index >= 15 is 0 Å². The van der Waals surface area contributed by atoms with Gasteiger partial charge in [-0.3, -0.25) is 4.79 Å². The number of carbonyl (C=O) groups excluding carboxylic acids is 2. The van der Waals surface area contributed by atoms with Gasteiger partial charge in [0.1, 0.15) is 13.2 Å². The molecule has 1 aromatic carbocycles. The first kappa shape index (κ1) is 51.6. The Morgan fingerprint density at radius 3 is 1.12 bits per heavy atom. The van der Waals surface area contributed by atoms with Gasteiger partial charge >= 0.3 is 11.9 Å². The summed E-state index contributed by atoms with van der Waals surface area (Å²) in [5.74, 6) is -0.516. The molecule has 0 heterocycles. The van der Waals surface area contributed by atoms with Gasteiger partial charge in [0, 0.05) is 18.7 Å². The number of esters is 2. The Bertz CT molecular complexity index is 988. The van der Waals surface area contributed by atoms with Gasteiger partial charge in [-0.25, -0.2) is 4.79 Å². The van der Waals surface area contributed by atoms with Gasteiger partial charge in [0.2, 0.25) is 0 Å². The molecule has 56 heavy (non-hydrogen) atoms. The van der Waals surface area contributed by atoms with Gasteiger partial charge in [0.05, 0.1) is 138 Å². The predicted octanol–water partition coefficient (Wildman–Crippen LogP) is 5.13. The molecule has 1 rings (SSSR count). The highest BCUT2D eigenvalue weighted by Crippen LogP contribution is 2.11. The number of benzene rings is 1. The van der Waals surface area contributed by atoms with E-state index in [1.807, 2.05) is 12.1 Å². The Kier molecular flexibility index (Phi) is 38.8. The molecule has 1 N–H and O–H groups in total. The topological polar surface area (TPSA) is 157 Å². The molecule has 0 bridgehead atoms. The molecular formula is C41H73NO14. The second-order valence-electron chi connectivity index (χ2n) is 12.5. The molecule has 0 radical (unpaired) electrons. The van der Waals surface area contributed by atoms with Crippen molar-refractivity contribution in [1.82, 2.24) is 0 Å². The molecule has 0 aliphatic rings. The number of nitrogens with one attached hydrogen (secondary N) is 1. The third-order valence-electron chi connectivity index (χ3n) is 7.76. The van der Waals surface area contributed by atoms with Crippen molar-refractivity contribution in [3.8, 4) is 0 Å². The molecule has 0 spiro atoms. The van der Waals surface area contributed by atoms with Crippen molar-refractivity contribution >= 4 is 17.6 Å². The third kappa shape index (κ3) is 35.9. The molecule has 0 atom stereocenters. The van der Waals surface area contributed by atoms with E-state index in [1.165, 1.54) is 19.3 Å². The highest BCUT2D eigenvalue weighted by Gasteiger charge is 2.07. The second-order valence-corrected chi connectivity index (χ2v) is 12.5. The summed E-state index contributed by atoms with van der Waals surface area (Å²) in [7, 11) is 0. The monoisotopic (exact) mass is 804 g/mol.